The van der Waals surface area contributed by atoms with Gasteiger partial charge in [-0.1, -0.05) is 38.3 Å². The van der Waals surface area contributed by atoms with E-state index < -0.39 is 23.7 Å². The predicted molar refractivity (Wildman–Crippen MR) is 134 cm³/mol. The SMILES string of the molecule is CCCc1ccc(C2CCC(C3CCC(CCF)CC3)CC2)c(F)c1.Fc1ccc(OC(F)(F)F)c(F)c1. The van der Waals surface area contributed by atoms with Crippen LogP contribution in [0.1, 0.15) is 88.2 Å². The van der Waals surface area contributed by atoms with Crippen LogP contribution in [-0.2, 0) is 6.42 Å². The predicted octanol–water partition coefficient (Wildman–Crippen LogP) is 10.1. The second-order valence-corrected chi connectivity index (χ2v) is 10.6. The zero-order valence-electron chi connectivity index (χ0n) is 21.8. The van der Waals surface area contributed by atoms with Crippen LogP contribution in [-0.4, -0.2) is 13.0 Å². The summed E-state index contributed by atoms with van der Waals surface area (Å²) >= 11 is 0. The number of hydrogen-bond donors (Lipinski definition) is 0. The molecule has 1 nitrogen and oxygen atoms in total. The average molecular weight is 547 g/mol. The monoisotopic (exact) mass is 546 g/mol. The van der Waals surface area contributed by atoms with Gasteiger partial charge in [0.2, 0.25) is 0 Å². The van der Waals surface area contributed by atoms with Crippen LogP contribution in [0.5, 0.6) is 5.75 Å². The summed E-state index contributed by atoms with van der Waals surface area (Å²) < 4.78 is 89.6. The summed E-state index contributed by atoms with van der Waals surface area (Å²) in [6.07, 6.45) is 7.64. The lowest BCUT2D eigenvalue weighted by Crippen LogP contribution is -2.25. The van der Waals surface area contributed by atoms with Crippen molar-refractivity contribution in [2.75, 3.05) is 6.67 Å². The van der Waals surface area contributed by atoms with E-state index in [1.807, 2.05) is 6.07 Å². The fourth-order valence-corrected chi connectivity index (χ4v) is 6.03. The Morgan fingerprint density at radius 2 is 1.42 bits per heavy atom. The molecule has 2 aliphatic carbocycles. The third-order valence-corrected chi connectivity index (χ3v) is 8.01. The second kappa shape index (κ2) is 14.2. The van der Waals surface area contributed by atoms with Gasteiger partial charge in [-0.15, -0.1) is 13.2 Å². The molecule has 0 atom stereocenters. The number of halogens is 7. The number of rotatable bonds is 7. The largest absolute Gasteiger partial charge is 0.573 e. The first-order valence-corrected chi connectivity index (χ1v) is 13.6. The third-order valence-electron chi connectivity index (χ3n) is 8.01. The highest BCUT2D eigenvalue weighted by molar-refractivity contribution is 5.28. The van der Waals surface area contributed by atoms with Crippen LogP contribution in [0.3, 0.4) is 0 Å². The van der Waals surface area contributed by atoms with Gasteiger partial charge in [0.05, 0.1) is 6.67 Å². The van der Waals surface area contributed by atoms with Crippen LogP contribution < -0.4 is 4.74 Å². The van der Waals surface area contributed by atoms with Gasteiger partial charge in [-0.25, -0.2) is 13.2 Å². The Balaban J connectivity index is 0.000000260. The minimum atomic E-state index is -4.97. The molecule has 0 unspecified atom stereocenters. The van der Waals surface area contributed by atoms with Crippen LogP contribution in [0.2, 0.25) is 0 Å². The van der Waals surface area contributed by atoms with E-state index in [2.05, 4.69) is 17.7 Å². The molecule has 0 bridgehead atoms. The van der Waals surface area contributed by atoms with Gasteiger partial charge in [-0.3, -0.25) is 4.39 Å². The molecule has 0 spiro atoms. The zero-order chi connectivity index (χ0) is 27.7. The van der Waals surface area contributed by atoms with Crippen LogP contribution in [0.25, 0.3) is 0 Å². The van der Waals surface area contributed by atoms with Gasteiger partial charge in [0.25, 0.3) is 0 Å². The van der Waals surface area contributed by atoms with Gasteiger partial charge in [0, 0.05) is 6.07 Å². The normalized spacial score (nSPS) is 23.9. The Morgan fingerprint density at radius 3 is 1.95 bits per heavy atom. The molecular formula is C30H37F7O. The Labute approximate surface area is 220 Å². The maximum atomic E-state index is 14.5. The van der Waals surface area contributed by atoms with Crippen molar-refractivity contribution in [1.82, 2.24) is 0 Å². The molecule has 0 heterocycles. The molecule has 38 heavy (non-hydrogen) atoms. The number of ether oxygens (including phenoxy) is 1. The fraction of sp³-hybridized carbons (Fsp3) is 0.600. The standard InChI is InChI=1S/C23H34F2.C7H3F5O/c1-2-3-18-6-13-22(23(25)16-18)21-11-9-20(10-12-21)19-7-4-17(5-8-19)14-15-24;8-4-1-2-6(5(9)3-4)13-7(10,11)12/h6,13,16-17,19-21H,2-5,7-12,14-15H2,1H3;1-3H. The summed E-state index contributed by atoms with van der Waals surface area (Å²) in [5, 5.41) is 0. The lowest BCUT2D eigenvalue weighted by Gasteiger charge is -2.38. The van der Waals surface area contributed by atoms with Gasteiger partial charge in [0.15, 0.2) is 11.6 Å². The van der Waals surface area contributed by atoms with Crippen molar-refractivity contribution >= 4 is 0 Å². The van der Waals surface area contributed by atoms with Crippen molar-refractivity contribution < 1.29 is 35.5 Å². The molecule has 0 aliphatic heterocycles. The Kier molecular flexibility index (Phi) is 11.3. The summed E-state index contributed by atoms with van der Waals surface area (Å²) in [5.74, 6) is -0.680. The first-order chi connectivity index (χ1) is 18.1. The second-order valence-electron chi connectivity index (χ2n) is 10.6. The van der Waals surface area contributed by atoms with E-state index in [0.29, 0.717) is 30.0 Å². The maximum Gasteiger partial charge on any atom is 0.573 e. The highest BCUT2D eigenvalue weighted by atomic mass is 19.4. The average Bonchev–Trinajstić information content (AvgIpc) is 2.87. The number of benzene rings is 2. The fourth-order valence-electron chi connectivity index (χ4n) is 6.03. The summed E-state index contributed by atoms with van der Waals surface area (Å²) in [5.41, 5.74) is 2.08. The van der Waals surface area contributed by atoms with Crippen LogP contribution in [0.15, 0.2) is 36.4 Å². The van der Waals surface area contributed by atoms with E-state index in [0.717, 1.165) is 55.1 Å². The summed E-state index contributed by atoms with van der Waals surface area (Å²) in [6, 6.07) is 7.48. The molecule has 212 valence electrons. The summed E-state index contributed by atoms with van der Waals surface area (Å²) in [6.45, 7) is 1.99. The topological polar surface area (TPSA) is 9.23 Å². The van der Waals surface area contributed by atoms with Gasteiger partial charge in [-0.05, 0) is 104 Å². The Bertz CT molecular complexity index is 991. The molecule has 0 N–H and O–H groups in total. The summed E-state index contributed by atoms with van der Waals surface area (Å²) in [7, 11) is 0. The van der Waals surface area contributed by atoms with Crippen LogP contribution in [0, 0.1) is 35.2 Å². The maximum absolute atomic E-state index is 14.5. The van der Waals surface area contributed by atoms with Gasteiger partial charge >= 0.3 is 6.36 Å². The molecule has 0 amide bonds. The van der Waals surface area contributed by atoms with E-state index in [-0.39, 0.29) is 12.5 Å². The third kappa shape index (κ3) is 9.19. The number of aryl methyl sites for hydroxylation is 1. The highest BCUT2D eigenvalue weighted by Gasteiger charge is 2.33. The molecule has 2 aromatic carbocycles. The molecule has 4 rings (SSSR count). The number of alkyl halides is 4. The van der Waals surface area contributed by atoms with E-state index >= 15 is 0 Å². The highest BCUT2D eigenvalue weighted by Crippen LogP contribution is 2.44. The molecule has 8 heteroatoms. The Morgan fingerprint density at radius 1 is 0.789 bits per heavy atom. The van der Waals surface area contributed by atoms with E-state index in [4.69, 9.17) is 0 Å². The van der Waals surface area contributed by atoms with Crippen molar-refractivity contribution in [1.29, 1.82) is 0 Å². The van der Waals surface area contributed by atoms with Crippen molar-refractivity contribution in [3.63, 3.8) is 0 Å². The molecular weight excluding hydrogens is 509 g/mol. The van der Waals surface area contributed by atoms with Gasteiger partial charge in [0.1, 0.15) is 11.6 Å². The molecule has 0 aromatic heterocycles. The zero-order valence-corrected chi connectivity index (χ0v) is 21.8. The lowest BCUT2D eigenvalue weighted by atomic mass is 9.68. The first-order valence-electron chi connectivity index (χ1n) is 13.6. The van der Waals surface area contributed by atoms with E-state index in [1.54, 1.807) is 6.07 Å². The van der Waals surface area contributed by atoms with Gasteiger partial charge < -0.3 is 4.74 Å². The molecule has 0 radical (unpaired) electrons. The van der Waals surface area contributed by atoms with Crippen molar-refractivity contribution in [2.24, 2.45) is 17.8 Å². The van der Waals surface area contributed by atoms with Crippen molar-refractivity contribution in [2.45, 2.75) is 89.8 Å². The lowest BCUT2D eigenvalue weighted by molar-refractivity contribution is -0.275. The van der Waals surface area contributed by atoms with Crippen LogP contribution >= 0.6 is 0 Å². The Hall–Kier alpha value is -2.25. The smallest absolute Gasteiger partial charge is 0.403 e. The van der Waals surface area contributed by atoms with E-state index in [1.165, 1.54) is 38.5 Å². The van der Waals surface area contributed by atoms with Gasteiger partial charge in [-0.2, -0.15) is 0 Å². The van der Waals surface area contributed by atoms with Crippen molar-refractivity contribution in [3.8, 4) is 5.75 Å². The molecule has 2 fully saturated rings. The first kappa shape index (κ1) is 30.3. The molecule has 2 aliphatic rings. The minimum absolute atomic E-state index is 0.0149. The van der Waals surface area contributed by atoms with Crippen LogP contribution in [0.4, 0.5) is 30.7 Å². The van der Waals surface area contributed by atoms with E-state index in [9.17, 15) is 30.7 Å². The van der Waals surface area contributed by atoms with Crippen molar-refractivity contribution in [3.05, 3.63) is 65.0 Å². The minimum Gasteiger partial charge on any atom is -0.403 e. The summed E-state index contributed by atoms with van der Waals surface area (Å²) in [4.78, 5) is 0. The molecule has 0 saturated heterocycles. The molecule has 2 saturated carbocycles. The number of hydrogen-bond acceptors (Lipinski definition) is 1. The molecule has 2 aromatic rings. The quantitative estimate of drug-likeness (QED) is 0.314.